The Hall–Kier alpha value is -1.80. The summed E-state index contributed by atoms with van der Waals surface area (Å²) < 4.78 is 26.9. The highest BCUT2D eigenvalue weighted by Gasteiger charge is 2.22. The number of hydrogen-bond acceptors (Lipinski definition) is 4. The highest BCUT2D eigenvalue weighted by molar-refractivity contribution is 7.89. The van der Waals surface area contributed by atoms with Crippen molar-refractivity contribution in [2.45, 2.75) is 11.4 Å². The lowest BCUT2D eigenvalue weighted by atomic mass is 10.2. The number of halogens is 2. The number of carbonyl (C=O) groups is 1. The molecule has 0 aliphatic carbocycles. The zero-order valence-electron chi connectivity index (χ0n) is 11.5. The van der Waals surface area contributed by atoms with Crippen LogP contribution in [0, 0.1) is 0 Å². The van der Waals surface area contributed by atoms with Crippen LogP contribution in [0.1, 0.15) is 15.9 Å². The topological polar surface area (TPSA) is 104 Å². The summed E-state index contributed by atoms with van der Waals surface area (Å²) in [5.74, 6) is -1.44. The second kappa shape index (κ2) is 6.76. The van der Waals surface area contributed by atoms with Gasteiger partial charge in [0.1, 0.15) is 10.6 Å². The Balaban J connectivity index is 2.35. The van der Waals surface area contributed by atoms with Gasteiger partial charge in [0.25, 0.3) is 0 Å². The predicted octanol–water partition coefficient (Wildman–Crippen LogP) is 2.88. The predicted molar refractivity (Wildman–Crippen MR) is 85.6 cm³/mol. The van der Waals surface area contributed by atoms with E-state index in [1.165, 1.54) is 6.07 Å². The van der Waals surface area contributed by atoms with Crippen molar-refractivity contribution in [3.63, 3.8) is 0 Å². The van der Waals surface area contributed by atoms with E-state index in [4.69, 9.17) is 28.3 Å². The number of hydrogen-bond donors (Lipinski definition) is 3. The highest BCUT2D eigenvalue weighted by Crippen LogP contribution is 2.29. The molecule has 2 aromatic carbocycles. The quantitative estimate of drug-likeness (QED) is 0.745. The monoisotopic (exact) mass is 375 g/mol. The first-order valence-electron chi connectivity index (χ1n) is 6.21. The van der Waals surface area contributed by atoms with Crippen LogP contribution in [0.3, 0.4) is 0 Å². The molecule has 122 valence electrons. The van der Waals surface area contributed by atoms with Gasteiger partial charge in [-0.25, -0.2) is 17.9 Å². The molecule has 0 bridgehead atoms. The van der Waals surface area contributed by atoms with Gasteiger partial charge in [0.05, 0.1) is 15.6 Å². The largest absolute Gasteiger partial charge is 0.508 e. The van der Waals surface area contributed by atoms with Crippen molar-refractivity contribution in [1.29, 1.82) is 0 Å². The number of aromatic carboxylic acids is 1. The summed E-state index contributed by atoms with van der Waals surface area (Å²) >= 11 is 11.6. The number of carboxylic acid groups (broad SMARTS) is 1. The van der Waals surface area contributed by atoms with Crippen LogP contribution in [0.5, 0.6) is 5.75 Å². The molecule has 0 radical (unpaired) electrons. The van der Waals surface area contributed by atoms with Crippen molar-refractivity contribution < 1.29 is 23.4 Å². The molecule has 2 aromatic rings. The Morgan fingerprint density at radius 2 is 1.78 bits per heavy atom. The fourth-order valence-electron chi connectivity index (χ4n) is 1.81. The molecule has 0 aliphatic rings. The average molecular weight is 376 g/mol. The fraction of sp³-hybridized carbons (Fsp3) is 0.0714. The Labute approximate surface area is 142 Å². The molecule has 0 aliphatic heterocycles. The van der Waals surface area contributed by atoms with E-state index in [1.54, 1.807) is 18.2 Å². The van der Waals surface area contributed by atoms with Gasteiger partial charge in [0.2, 0.25) is 10.0 Å². The van der Waals surface area contributed by atoms with E-state index < -0.39 is 20.9 Å². The number of para-hydroxylation sites is 1. The van der Waals surface area contributed by atoms with Crippen LogP contribution in [-0.4, -0.2) is 24.6 Å². The first-order chi connectivity index (χ1) is 10.7. The molecule has 2 rings (SSSR count). The minimum atomic E-state index is -4.09. The fourth-order valence-corrected chi connectivity index (χ4v) is 3.67. The van der Waals surface area contributed by atoms with Gasteiger partial charge in [-0.05, 0) is 18.2 Å². The molecule has 0 aromatic heterocycles. The van der Waals surface area contributed by atoms with Crippen molar-refractivity contribution in [2.24, 2.45) is 0 Å². The summed E-state index contributed by atoms with van der Waals surface area (Å²) in [6, 6.07) is 8.15. The van der Waals surface area contributed by atoms with E-state index in [9.17, 15) is 18.3 Å². The van der Waals surface area contributed by atoms with Crippen LogP contribution in [0.4, 0.5) is 0 Å². The van der Waals surface area contributed by atoms with E-state index in [0.29, 0.717) is 5.56 Å². The SMILES string of the molecule is O=C(O)c1cc(S(=O)(=O)NCc2ccccc2O)c(Cl)cc1Cl. The summed E-state index contributed by atoms with van der Waals surface area (Å²) in [5, 5.41) is 18.3. The van der Waals surface area contributed by atoms with Crippen molar-refractivity contribution in [1.82, 2.24) is 4.72 Å². The van der Waals surface area contributed by atoms with Crippen molar-refractivity contribution in [2.75, 3.05) is 0 Å². The molecular weight excluding hydrogens is 365 g/mol. The molecule has 0 amide bonds. The average Bonchev–Trinajstić information content (AvgIpc) is 2.45. The minimum absolute atomic E-state index is 0.0661. The number of nitrogens with one attached hydrogen (secondary N) is 1. The van der Waals surface area contributed by atoms with Gasteiger partial charge in [0.15, 0.2) is 0 Å². The van der Waals surface area contributed by atoms with Gasteiger partial charge in [-0.2, -0.15) is 0 Å². The van der Waals surface area contributed by atoms with Crippen molar-refractivity contribution in [3.8, 4) is 5.75 Å². The van der Waals surface area contributed by atoms with Crippen molar-refractivity contribution in [3.05, 3.63) is 57.6 Å². The second-order valence-electron chi connectivity index (χ2n) is 4.52. The summed E-state index contributed by atoms with van der Waals surface area (Å²) in [6.07, 6.45) is 0. The molecule has 9 heteroatoms. The third-order valence-corrected chi connectivity index (χ3v) is 5.16. The van der Waals surface area contributed by atoms with E-state index >= 15 is 0 Å². The Kier molecular flexibility index (Phi) is 5.16. The van der Waals surface area contributed by atoms with E-state index in [0.717, 1.165) is 12.1 Å². The summed E-state index contributed by atoms with van der Waals surface area (Å²) in [5.41, 5.74) is -0.0152. The normalized spacial score (nSPS) is 11.4. The molecule has 0 heterocycles. The lowest BCUT2D eigenvalue weighted by molar-refractivity contribution is 0.0697. The molecule has 0 atom stereocenters. The van der Waals surface area contributed by atoms with Gasteiger partial charge in [-0.15, -0.1) is 0 Å². The molecule has 0 fully saturated rings. The van der Waals surface area contributed by atoms with Crippen LogP contribution < -0.4 is 4.72 Å². The van der Waals surface area contributed by atoms with Crippen LogP contribution in [0.25, 0.3) is 0 Å². The molecule has 6 nitrogen and oxygen atoms in total. The van der Waals surface area contributed by atoms with Gasteiger partial charge in [-0.1, -0.05) is 41.4 Å². The van der Waals surface area contributed by atoms with Gasteiger partial charge < -0.3 is 10.2 Å². The maximum atomic E-state index is 12.3. The van der Waals surface area contributed by atoms with Crippen LogP contribution >= 0.6 is 23.2 Å². The van der Waals surface area contributed by atoms with E-state index in [2.05, 4.69) is 4.72 Å². The van der Waals surface area contributed by atoms with Gasteiger partial charge >= 0.3 is 5.97 Å². The lowest BCUT2D eigenvalue weighted by Gasteiger charge is -2.11. The first-order valence-corrected chi connectivity index (χ1v) is 8.45. The standard InChI is InChI=1S/C14H11Cl2NO5S/c15-10-6-11(16)13(5-9(10)14(19)20)23(21,22)17-7-8-3-1-2-4-12(8)18/h1-6,17-18H,7H2,(H,19,20). The zero-order valence-corrected chi connectivity index (χ0v) is 13.8. The summed E-state index contributed by atoms with van der Waals surface area (Å²) in [6.45, 7) is -0.184. The lowest BCUT2D eigenvalue weighted by Crippen LogP contribution is -2.24. The number of phenols is 1. The zero-order chi connectivity index (χ0) is 17.2. The molecule has 0 unspecified atom stereocenters. The maximum Gasteiger partial charge on any atom is 0.337 e. The maximum absolute atomic E-state index is 12.3. The number of rotatable bonds is 5. The molecule has 0 saturated carbocycles. The number of aromatic hydroxyl groups is 1. The van der Waals surface area contributed by atoms with E-state index in [1.807, 2.05) is 0 Å². The Morgan fingerprint density at radius 1 is 1.13 bits per heavy atom. The number of carboxylic acids is 1. The van der Waals surface area contributed by atoms with Gasteiger partial charge in [-0.3, -0.25) is 0 Å². The highest BCUT2D eigenvalue weighted by atomic mass is 35.5. The third kappa shape index (κ3) is 3.94. The van der Waals surface area contributed by atoms with Crippen molar-refractivity contribution >= 4 is 39.2 Å². The second-order valence-corrected chi connectivity index (χ2v) is 7.07. The smallest absolute Gasteiger partial charge is 0.337 e. The molecule has 0 spiro atoms. The number of sulfonamides is 1. The Morgan fingerprint density at radius 3 is 2.39 bits per heavy atom. The summed E-state index contributed by atoms with van der Waals surface area (Å²) in [4.78, 5) is 10.7. The third-order valence-electron chi connectivity index (χ3n) is 2.99. The van der Waals surface area contributed by atoms with Crippen LogP contribution in [-0.2, 0) is 16.6 Å². The van der Waals surface area contributed by atoms with E-state index in [-0.39, 0.29) is 27.9 Å². The Bertz CT molecular complexity index is 867. The minimum Gasteiger partial charge on any atom is -0.508 e. The first kappa shape index (κ1) is 17.6. The van der Waals surface area contributed by atoms with Crippen LogP contribution in [0.15, 0.2) is 41.3 Å². The van der Waals surface area contributed by atoms with Gasteiger partial charge in [0, 0.05) is 12.1 Å². The molecular formula is C14H11Cl2NO5S. The summed E-state index contributed by atoms with van der Waals surface area (Å²) in [7, 11) is -4.09. The van der Waals surface area contributed by atoms with Crippen LogP contribution in [0.2, 0.25) is 10.0 Å². The molecule has 23 heavy (non-hydrogen) atoms. The number of phenolic OH excluding ortho intramolecular Hbond substituents is 1. The molecule has 3 N–H and O–H groups in total. The number of benzene rings is 2. The molecule has 0 saturated heterocycles.